The molecule has 0 radical (unpaired) electrons. The number of ether oxygens (including phenoxy) is 2. The van der Waals surface area contributed by atoms with Gasteiger partial charge in [-0.2, -0.15) is 14.0 Å². The third-order valence-corrected chi connectivity index (χ3v) is 5.21. The number of methoxy groups -OCH3 is 1. The summed E-state index contributed by atoms with van der Waals surface area (Å²) in [6.45, 7) is 2.36. The molecule has 1 heterocycles. The van der Waals surface area contributed by atoms with E-state index in [0.717, 1.165) is 11.3 Å². The molecule has 0 saturated carbocycles. The van der Waals surface area contributed by atoms with Gasteiger partial charge in [-0.1, -0.05) is 39.0 Å². The molecule has 0 atom stereocenters. The fourth-order valence-corrected chi connectivity index (χ4v) is 3.72. The van der Waals surface area contributed by atoms with E-state index in [9.17, 15) is 23.6 Å². The van der Waals surface area contributed by atoms with Crippen LogP contribution in [0.15, 0.2) is 29.1 Å². The number of hydrogen-bond acceptors (Lipinski definition) is 6. The van der Waals surface area contributed by atoms with E-state index < -0.39 is 23.4 Å². The lowest BCUT2D eigenvalue weighted by molar-refractivity contribution is -0.120. The molecule has 2 rings (SSSR count). The zero-order valence-electron chi connectivity index (χ0n) is 17.1. The molecule has 0 N–H and O–H groups in total. The zero-order valence-corrected chi connectivity index (χ0v) is 17.9. The molecule has 160 valence electrons. The van der Waals surface area contributed by atoms with Crippen molar-refractivity contribution < 1.29 is 23.0 Å². The number of para-hydroxylation sites is 1. The van der Waals surface area contributed by atoms with Crippen LogP contribution in [0, 0.1) is 16.7 Å². The molecule has 1 aromatic carbocycles. The van der Waals surface area contributed by atoms with Crippen LogP contribution in [-0.4, -0.2) is 30.7 Å². The molecule has 0 unspecified atom stereocenters. The van der Waals surface area contributed by atoms with Gasteiger partial charge in [0.2, 0.25) is 0 Å². The van der Waals surface area contributed by atoms with Gasteiger partial charge in [0.15, 0.2) is 5.78 Å². The van der Waals surface area contributed by atoms with E-state index in [0.29, 0.717) is 0 Å². The number of halogens is 2. The minimum Gasteiger partial charge on any atom is -0.434 e. The van der Waals surface area contributed by atoms with Crippen molar-refractivity contribution in [2.45, 2.75) is 33.9 Å². The van der Waals surface area contributed by atoms with E-state index in [1.54, 1.807) is 26.8 Å². The third-order valence-electron chi connectivity index (χ3n) is 4.08. The van der Waals surface area contributed by atoms with Gasteiger partial charge in [0.25, 0.3) is 5.56 Å². The Bertz CT molecular complexity index is 1140. The topological polar surface area (TPSA) is 81.3 Å². The molecule has 0 fully saturated rings. The molecule has 0 bridgehead atoms. The fraction of sp³-hybridized carbons (Fsp3) is 0.381. The number of ketones is 1. The van der Waals surface area contributed by atoms with Crippen LogP contribution in [0.1, 0.15) is 26.3 Å². The number of nitriles is 1. The number of aromatic nitrogens is 1. The average molecular weight is 436 g/mol. The molecule has 0 aliphatic heterocycles. The summed E-state index contributed by atoms with van der Waals surface area (Å²) in [5.74, 6) is -0.481. The highest BCUT2D eigenvalue weighted by Gasteiger charge is 2.27. The predicted octanol–water partition coefficient (Wildman–Crippen LogP) is 2.28. The molecule has 0 aliphatic rings. The Morgan fingerprint density at radius 1 is 1.33 bits per heavy atom. The number of nitrogens with zero attached hydrogens (tertiary/aromatic N) is 2. The van der Waals surface area contributed by atoms with Gasteiger partial charge in [0.05, 0.1) is 17.7 Å². The van der Waals surface area contributed by atoms with E-state index in [1.165, 1.54) is 36.0 Å². The molecular weight excluding hydrogens is 414 g/mol. The number of thiazole rings is 1. The second-order valence-electron chi connectivity index (χ2n) is 7.35. The Morgan fingerprint density at radius 2 is 2.00 bits per heavy atom. The molecule has 0 spiro atoms. The zero-order chi connectivity index (χ0) is 22.5. The number of benzene rings is 1. The lowest BCUT2D eigenvalue weighted by atomic mass is 9.87. The smallest absolute Gasteiger partial charge is 0.387 e. The van der Waals surface area contributed by atoms with Crippen LogP contribution in [0.5, 0.6) is 5.75 Å². The van der Waals surface area contributed by atoms with Gasteiger partial charge in [0, 0.05) is 18.1 Å². The number of carbonyl (C=O) groups excluding carboxylic acids is 1. The molecule has 30 heavy (non-hydrogen) atoms. The molecule has 6 nitrogen and oxygen atoms in total. The third kappa shape index (κ3) is 5.40. The maximum Gasteiger partial charge on any atom is 0.387 e. The summed E-state index contributed by atoms with van der Waals surface area (Å²) in [6.07, 6.45) is 1.41. The second-order valence-corrected chi connectivity index (χ2v) is 8.38. The van der Waals surface area contributed by atoms with Gasteiger partial charge >= 0.3 is 6.61 Å². The molecule has 0 aliphatic carbocycles. The highest BCUT2D eigenvalue weighted by molar-refractivity contribution is 7.07. The summed E-state index contributed by atoms with van der Waals surface area (Å²) in [4.78, 5) is 25.8. The van der Waals surface area contributed by atoms with Crippen LogP contribution >= 0.6 is 11.3 Å². The van der Waals surface area contributed by atoms with Crippen molar-refractivity contribution in [2.75, 3.05) is 13.7 Å². The van der Waals surface area contributed by atoms with Crippen LogP contribution in [0.4, 0.5) is 8.78 Å². The van der Waals surface area contributed by atoms with Crippen LogP contribution in [0.2, 0.25) is 0 Å². The maximum absolute atomic E-state index is 13.0. The second kappa shape index (κ2) is 9.78. The minimum atomic E-state index is -3.01. The maximum atomic E-state index is 13.0. The summed E-state index contributed by atoms with van der Waals surface area (Å²) < 4.78 is 36.6. The SMILES string of the molecule is COCCn1c(=C(C#N)C(=O)C(C)(C)C)sc(=Cc2ccccc2OC(F)F)c1=O. The van der Waals surface area contributed by atoms with Crippen molar-refractivity contribution in [1.29, 1.82) is 5.26 Å². The summed E-state index contributed by atoms with van der Waals surface area (Å²) in [5.41, 5.74) is -1.12. The van der Waals surface area contributed by atoms with Gasteiger partial charge in [-0.05, 0) is 12.1 Å². The summed E-state index contributed by atoms with van der Waals surface area (Å²) in [6, 6.07) is 7.98. The first-order valence-electron chi connectivity index (χ1n) is 9.03. The summed E-state index contributed by atoms with van der Waals surface area (Å²) in [5, 5.41) is 9.63. The van der Waals surface area contributed by atoms with Gasteiger partial charge in [-0.15, -0.1) is 11.3 Å². The van der Waals surface area contributed by atoms with E-state index in [4.69, 9.17) is 4.74 Å². The Kier molecular flexibility index (Phi) is 7.65. The van der Waals surface area contributed by atoms with Crippen molar-refractivity contribution in [2.24, 2.45) is 5.41 Å². The van der Waals surface area contributed by atoms with Crippen LogP contribution < -0.4 is 19.5 Å². The van der Waals surface area contributed by atoms with Crippen LogP contribution in [-0.2, 0) is 16.1 Å². The lowest BCUT2D eigenvalue weighted by Gasteiger charge is -2.15. The summed E-state index contributed by atoms with van der Waals surface area (Å²) >= 11 is 0.952. The van der Waals surface area contributed by atoms with E-state index in [2.05, 4.69) is 4.74 Å². The number of alkyl halides is 2. The van der Waals surface area contributed by atoms with Gasteiger partial charge in [-0.25, -0.2) is 0 Å². The standard InChI is InChI=1S/C21H22F2N2O4S/c1-21(2,3)17(26)14(12-24)19-25(9-10-28-4)18(27)16(30-19)11-13-7-5-6-8-15(13)29-20(22)23/h5-8,11,20H,9-10H2,1-4H3. The number of Topliss-reactive ketones (excluding diaryl/α,β-unsaturated/α-hetero) is 1. The largest absolute Gasteiger partial charge is 0.434 e. The highest BCUT2D eigenvalue weighted by Crippen LogP contribution is 2.21. The van der Waals surface area contributed by atoms with E-state index in [-0.39, 0.29) is 39.2 Å². The van der Waals surface area contributed by atoms with Gasteiger partial charge < -0.3 is 9.47 Å². The van der Waals surface area contributed by atoms with Crippen molar-refractivity contribution >= 4 is 28.8 Å². The molecule has 0 saturated heterocycles. The molecule has 1 aromatic heterocycles. The monoisotopic (exact) mass is 436 g/mol. The van der Waals surface area contributed by atoms with Crippen molar-refractivity contribution in [1.82, 2.24) is 4.57 Å². The average Bonchev–Trinajstić information content (AvgIpc) is 2.96. The number of rotatable bonds is 7. The normalized spacial score (nSPS) is 13.3. The van der Waals surface area contributed by atoms with Gasteiger partial charge in [0.1, 0.15) is 22.1 Å². The highest BCUT2D eigenvalue weighted by atomic mass is 32.1. The molecular formula is C21H22F2N2O4S. The quantitative estimate of drug-likeness (QED) is 0.665. The van der Waals surface area contributed by atoms with Crippen molar-refractivity contribution in [3.63, 3.8) is 0 Å². The fourth-order valence-electron chi connectivity index (χ4n) is 2.61. The first-order valence-corrected chi connectivity index (χ1v) is 9.85. The Hall–Kier alpha value is -2.83. The first kappa shape index (κ1) is 23.4. The van der Waals surface area contributed by atoms with Gasteiger partial charge in [-0.3, -0.25) is 14.2 Å². The van der Waals surface area contributed by atoms with Crippen LogP contribution in [0.3, 0.4) is 0 Å². The number of carbonyl (C=O) groups is 1. The van der Waals surface area contributed by atoms with Crippen LogP contribution in [0.25, 0.3) is 11.6 Å². The minimum absolute atomic E-state index is 0.0828. The summed E-state index contributed by atoms with van der Waals surface area (Å²) in [7, 11) is 1.47. The Balaban J connectivity index is 2.82. The molecule has 2 aromatic rings. The van der Waals surface area contributed by atoms with Crippen molar-refractivity contribution in [3.05, 3.63) is 49.4 Å². The van der Waals surface area contributed by atoms with E-state index >= 15 is 0 Å². The first-order chi connectivity index (χ1) is 14.1. The molecule has 9 heteroatoms. The van der Waals surface area contributed by atoms with E-state index in [1.807, 2.05) is 6.07 Å². The predicted molar refractivity (Wildman–Crippen MR) is 110 cm³/mol. The van der Waals surface area contributed by atoms with Crippen molar-refractivity contribution in [3.8, 4) is 11.8 Å². The lowest BCUT2D eigenvalue weighted by Crippen LogP contribution is -2.35. The Labute approximate surface area is 176 Å². The number of hydrogen-bond donors (Lipinski definition) is 0. The Morgan fingerprint density at radius 3 is 2.57 bits per heavy atom. The molecule has 0 amide bonds.